The zero-order valence-electron chi connectivity index (χ0n) is 13.0. The number of anilines is 1. The van der Waals surface area contributed by atoms with E-state index in [0.29, 0.717) is 6.61 Å². The third kappa shape index (κ3) is 4.77. The Morgan fingerprint density at radius 3 is 2.58 bits per heavy atom. The monoisotopic (exact) mass is 352 g/mol. The SMILES string of the molecule is CCOc1cc(NC(=O)Cc2ccccc2F)cc(S(N)(=O)=O)c1. The minimum absolute atomic E-state index is 0.184. The highest BCUT2D eigenvalue weighted by Crippen LogP contribution is 2.24. The van der Waals surface area contributed by atoms with Gasteiger partial charge in [-0.3, -0.25) is 4.79 Å². The highest BCUT2D eigenvalue weighted by molar-refractivity contribution is 7.89. The third-order valence-corrected chi connectivity index (χ3v) is 4.00. The summed E-state index contributed by atoms with van der Waals surface area (Å²) in [5, 5.41) is 7.64. The van der Waals surface area contributed by atoms with Crippen LogP contribution in [0.25, 0.3) is 0 Å². The van der Waals surface area contributed by atoms with Crippen LogP contribution in [0.5, 0.6) is 5.75 Å². The Hall–Kier alpha value is -2.45. The molecule has 24 heavy (non-hydrogen) atoms. The summed E-state index contributed by atoms with van der Waals surface area (Å²) in [7, 11) is -3.96. The lowest BCUT2D eigenvalue weighted by Crippen LogP contribution is -2.17. The summed E-state index contributed by atoms with van der Waals surface area (Å²) < 4.78 is 41.9. The molecule has 8 heteroatoms. The summed E-state index contributed by atoms with van der Waals surface area (Å²) in [6.45, 7) is 2.05. The van der Waals surface area contributed by atoms with Gasteiger partial charge in [-0.05, 0) is 24.6 Å². The number of hydrogen-bond acceptors (Lipinski definition) is 4. The molecule has 0 fully saturated rings. The first-order chi connectivity index (χ1) is 11.3. The Bertz CT molecular complexity index is 853. The number of ether oxygens (including phenoxy) is 1. The molecule has 1 amide bonds. The molecule has 0 atom stereocenters. The molecule has 0 saturated carbocycles. The molecule has 0 spiro atoms. The van der Waals surface area contributed by atoms with E-state index < -0.39 is 21.7 Å². The molecule has 2 aromatic rings. The molecule has 0 bridgehead atoms. The molecule has 2 rings (SSSR count). The zero-order valence-corrected chi connectivity index (χ0v) is 13.8. The van der Waals surface area contributed by atoms with Crippen LogP contribution in [0.4, 0.5) is 10.1 Å². The van der Waals surface area contributed by atoms with Gasteiger partial charge in [-0.1, -0.05) is 18.2 Å². The van der Waals surface area contributed by atoms with Crippen molar-refractivity contribution in [3.8, 4) is 5.75 Å². The standard InChI is InChI=1S/C16H17FN2O4S/c1-2-23-13-8-12(9-14(10-13)24(18,21)22)19-16(20)7-11-5-3-4-6-15(11)17/h3-6,8-10H,2,7H2,1H3,(H,19,20)(H2,18,21,22). The fourth-order valence-electron chi connectivity index (χ4n) is 2.08. The summed E-state index contributed by atoms with van der Waals surface area (Å²) in [5.41, 5.74) is 0.439. The Kier molecular flexibility index (Phi) is 5.53. The van der Waals surface area contributed by atoms with E-state index in [9.17, 15) is 17.6 Å². The average molecular weight is 352 g/mol. The number of sulfonamides is 1. The molecule has 0 unspecified atom stereocenters. The largest absolute Gasteiger partial charge is 0.494 e. The van der Waals surface area contributed by atoms with Gasteiger partial charge in [0.05, 0.1) is 17.9 Å². The molecule has 2 aromatic carbocycles. The van der Waals surface area contributed by atoms with Crippen LogP contribution in [-0.2, 0) is 21.2 Å². The Balaban J connectivity index is 2.23. The first-order valence-electron chi connectivity index (χ1n) is 7.13. The molecule has 3 N–H and O–H groups in total. The van der Waals surface area contributed by atoms with Crippen molar-refractivity contribution in [2.45, 2.75) is 18.2 Å². The predicted octanol–water partition coefficient (Wildman–Crippen LogP) is 2.05. The molecule has 128 valence electrons. The Morgan fingerprint density at radius 2 is 1.96 bits per heavy atom. The Morgan fingerprint density at radius 1 is 1.25 bits per heavy atom. The minimum Gasteiger partial charge on any atom is -0.494 e. The lowest BCUT2D eigenvalue weighted by molar-refractivity contribution is -0.115. The quantitative estimate of drug-likeness (QED) is 0.831. The molecule has 0 radical (unpaired) electrons. The van der Waals surface area contributed by atoms with Gasteiger partial charge in [0, 0.05) is 17.8 Å². The van der Waals surface area contributed by atoms with Gasteiger partial charge < -0.3 is 10.1 Å². The van der Waals surface area contributed by atoms with Gasteiger partial charge in [0.1, 0.15) is 11.6 Å². The fraction of sp³-hybridized carbons (Fsp3) is 0.188. The van der Waals surface area contributed by atoms with E-state index in [0.717, 1.165) is 0 Å². The maximum atomic E-state index is 13.6. The van der Waals surface area contributed by atoms with Crippen molar-refractivity contribution in [2.75, 3.05) is 11.9 Å². The van der Waals surface area contributed by atoms with Gasteiger partial charge in [-0.2, -0.15) is 0 Å². The lowest BCUT2D eigenvalue weighted by atomic mass is 10.1. The summed E-state index contributed by atoms with van der Waals surface area (Å²) in [5.74, 6) is -0.722. The van der Waals surface area contributed by atoms with Gasteiger partial charge in [0.25, 0.3) is 0 Å². The molecule has 0 aromatic heterocycles. The maximum absolute atomic E-state index is 13.6. The maximum Gasteiger partial charge on any atom is 0.238 e. The van der Waals surface area contributed by atoms with Crippen molar-refractivity contribution in [3.05, 3.63) is 53.8 Å². The number of rotatable bonds is 6. The number of benzene rings is 2. The van der Waals surface area contributed by atoms with Crippen LogP contribution in [-0.4, -0.2) is 20.9 Å². The second kappa shape index (κ2) is 7.41. The van der Waals surface area contributed by atoms with E-state index in [4.69, 9.17) is 9.88 Å². The number of primary sulfonamides is 1. The zero-order chi connectivity index (χ0) is 17.7. The number of nitrogens with two attached hydrogens (primary N) is 1. The Labute approximate surface area is 139 Å². The molecule has 0 aliphatic carbocycles. The molecule has 0 aliphatic rings. The second-order valence-corrected chi connectivity index (χ2v) is 6.55. The van der Waals surface area contributed by atoms with E-state index in [2.05, 4.69) is 5.32 Å². The fourth-order valence-corrected chi connectivity index (χ4v) is 2.65. The van der Waals surface area contributed by atoms with E-state index in [-0.39, 0.29) is 28.3 Å². The highest BCUT2D eigenvalue weighted by Gasteiger charge is 2.14. The van der Waals surface area contributed by atoms with Crippen LogP contribution >= 0.6 is 0 Å². The van der Waals surface area contributed by atoms with Crippen LogP contribution in [0.2, 0.25) is 0 Å². The summed E-state index contributed by atoms with van der Waals surface area (Å²) in [6.07, 6.45) is -0.184. The van der Waals surface area contributed by atoms with Crippen molar-refractivity contribution in [2.24, 2.45) is 5.14 Å². The van der Waals surface area contributed by atoms with Crippen LogP contribution < -0.4 is 15.2 Å². The van der Waals surface area contributed by atoms with Gasteiger partial charge in [-0.25, -0.2) is 17.9 Å². The topological polar surface area (TPSA) is 98.5 Å². The van der Waals surface area contributed by atoms with Crippen LogP contribution in [0, 0.1) is 5.82 Å². The molecular weight excluding hydrogens is 335 g/mol. The van der Waals surface area contributed by atoms with Crippen molar-refractivity contribution in [1.82, 2.24) is 0 Å². The number of amides is 1. The number of nitrogens with one attached hydrogen (secondary N) is 1. The number of halogens is 1. The van der Waals surface area contributed by atoms with Crippen LogP contribution in [0.3, 0.4) is 0 Å². The van der Waals surface area contributed by atoms with E-state index in [1.54, 1.807) is 13.0 Å². The van der Waals surface area contributed by atoms with E-state index in [1.807, 2.05) is 0 Å². The lowest BCUT2D eigenvalue weighted by Gasteiger charge is -2.11. The van der Waals surface area contributed by atoms with E-state index >= 15 is 0 Å². The van der Waals surface area contributed by atoms with E-state index in [1.165, 1.54) is 36.4 Å². The predicted molar refractivity (Wildman–Crippen MR) is 87.7 cm³/mol. The van der Waals surface area contributed by atoms with Crippen molar-refractivity contribution >= 4 is 21.6 Å². The van der Waals surface area contributed by atoms with Gasteiger partial charge in [0.15, 0.2) is 0 Å². The van der Waals surface area contributed by atoms with Crippen molar-refractivity contribution in [1.29, 1.82) is 0 Å². The molecule has 0 aliphatic heterocycles. The molecule has 0 heterocycles. The normalized spacial score (nSPS) is 11.1. The molecule has 0 saturated heterocycles. The number of carbonyl (C=O) groups is 1. The number of carbonyl (C=O) groups excluding carboxylic acids is 1. The van der Waals surface area contributed by atoms with Crippen LogP contribution in [0.15, 0.2) is 47.4 Å². The minimum atomic E-state index is -3.96. The van der Waals surface area contributed by atoms with Crippen molar-refractivity contribution < 1.29 is 22.3 Å². The van der Waals surface area contributed by atoms with Crippen LogP contribution in [0.1, 0.15) is 12.5 Å². The summed E-state index contributed by atoms with van der Waals surface area (Å²) in [4.78, 5) is 11.9. The first kappa shape index (κ1) is 17.9. The van der Waals surface area contributed by atoms with Crippen molar-refractivity contribution in [3.63, 3.8) is 0 Å². The van der Waals surface area contributed by atoms with Gasteiger partial charge >= 0.3 is 0 Å². The average Bonchev–Trinajstić information content (AvgIpc) is 2.49. The smallest absolute Gasteiger partial charge is 0.238 e. The van der Waals surface area contributed by atoms with Gasteiger partial charge in [-0.15, -0.1) is 0 Å². The second-order valence-electron chi connectivity index (χ2n) is 4.99. The third-order valence-electron chi connectivity index (χ3n) is 3.11. The summed E-state index contributed by atoms with van der Waals surface area (Å²) in [6, 6.07) is 9.87. The molecular formula is C16H17FN2O4S. The number of hydrogen-bond donors (Lipinski definition) is 2. The molecule has 6 nitrogen and oxygen atoms in total. The van der Waals surface area contributed by atoms with Gasteiger partial charge in [0.2, 0.25) is 15.9 Å². The summed E-state index contributed by atoms with van der Waals surface area (Å²) >= 11 is 0. The first-order valence-corrected chi connectivity index (χ1v) is 8.68. The highest BCUT2D eigenvalue weighted by atomic mass is 32.2.